The Kier molecular flexibility index (Phi) is 4.02. The lowest BCUT2D eigenvalue weighted by Gasteiger charge is -2.14. The van der Waals surface area contributed by atoms with Crippen molar-refractivity contribution in [3.63, 3.8) is 0 Å². The fourth-order valence-corrected chi connectivity index (χ4v) is 2.83. The topological polar surface area (TPSA) is 63.2 Å². The van der Waals surface area contributed by atoms with E-state index in [9.17, 15) is 22.0 Å². The van der Waals surface area contributed by atoms with Gasteiger partial charge >= 0.3 is 0 Å². The Labute approximate surface area is 119 Å². The van der Waals surface area contributed by atoms with Gasteiger partial charge in [-0.3, -0.25) is 4.79 Å². The number of carbonyl (C=O) groups is 1. The zero-order chi connectivity index (χ0) is 15.1. The maximum Gasteiger partial charge on any atom is 0.264 e. The van der Waals surface area contributed by atoms with Gasteiger partial charge in [-0.2, -0.15) is 0 Å². The van der Waals surface area contributed by atoms with Crippen molar-refractivity contribution in [2.75, 3.05) is 0 Å². The van der Waals surface area contributed by atoms with Gasteiger partial charge in [-0.1, -0.05) is 0 Å². The zero-order valence-electron chi connectivity index (χ0n) is 10.5. The lowest BCUT2D eigenvalue weighted by molar-refractivity contribution is 0.0926. The largest absolute Gasteiger partial charge is 0.349 e. The van der Waals surface area contributed by atoms with Crippen molar-refractivity contribution in [1.29, 1.82) is 0 Å². The Bertz CT molecular complexity index is 659. The summed E-state index contributed by atoms with van der Waals surface area (Å²) >= 11 is 0. The van der Waals surface area contributed by atoms with Gasteiger partial charge in [0.1, 0.15) is 16.3 Å². The van der Waals surface area contributed by atoms with Crippen LogP contribution in [-0.2, 0) is 9.05 Å². The van der Waals surface area contributed by atoms with E-state index >= 15 is 0 Å². The lowest BCUT2D eigenvalue weighted by Crippen LogP contribution is -2.35. The molecule has 1 aliphatic rings. The van der Waals surface area contributed by atoms with Crippen LogP contribution in [-0.4, -0.2) is 20.4 Å². The Morgan fingerprint density at radius 3 is 2.50 bits per heavy atom. The van der Waals surface area contributed by atoms with Crippen LogP contribution in [0.4, 0.5) is 8.78 Å². The summed E-state index contributed by atoms with van der Waals surface area (Å²) in [6, 6.07) is 1.17. The number of halogens is 3. The first-order valence-electron chi connectivity index (χ1n) is 5.95. The van der Waals surface area contributed by atoms with E-state index in [1.807, 2.05) is 0 Å². The van der Waals surface area contributed by atoms with Crippen LogP contribution in [0.3, 0.4) is 0 Å². The van der Waals surface area contributed by atoms with Crippen molar-refractivity contribution < 1.29 is 22.0 Å². The monoisotopic (exact) mass is 323 g/mol. The second-order valence-electron chi connectivity index (χ2n) is 4.77. The Hall–Kier alpha value is -1.21. The molecule has 0 radical (unpaired) electrons. The summed E-state index contributed by atoms with van der Waals surface area (Å²) < 4.78 is 49.9. The number of nitrogens with one attached hydrogen (secondary N) is 1. The van der Waals surface area contributed by atoms with E-state index in [0.717, 1.165) is 12.8 Å². The molecule has 2 rings (SSSR count). The molecule has 0 saturated heterocycles. The van der Waals surface area contributed by atoms with Crippen LogP contribution in [0.2, 0.25) is 0 Å². The number of hydrogen-bond acceptors (Lipinski definition) is 3. The van der Waals surface area contributed by atoms with Crippen LogP contribution in [0.5, 0.6) is 0 Å². The molecule has 4 nitrogen and oxygen atoms in total. The third-order valence-electron chi connectivity index (χ3n) is 3.23. The van der Waals surface area contributed by atoms with Crippen LogP contribution in [0.25, 0.3) is 0 Å². The van der Waals surface area contributed by atoms with Crippen LogP contribution < -0.4 is 5.32 Å². The average molecular weight is 324 g/mol. The fourth-order valence-electron chi connectivity index (χ4n) is 1.92. The van der Waals surface area contributed by atoms with Crippen molar-refractivity contribution in [3.8, 4) is 0 Å². The zero-order valence-corrected chi connectivity index (χ0v) is 12.1. The molecule has 110 valence electrons. The molecule has 0 heterocycles. The average Bonchev–Trinajstić information content (AvgIpc) is 3.10. The SMILES string of the molecule is CC(NC(=O)c1c(F)ccc(S(=O)(=O)Cl)c1F)C1CC1. The van der Waals surface area contributed by atoms with E-state index in [0.29, 0.717) is 18.1 Å². The highest BCUT2D eigenvalue weighted by Crippen LogP contribution is 2.32. The highest BCUT2D eigenvalue weighted by Gasteiger charge is 2.31. The van der Waals surface area contributed by atoms with E-state index in [1.165, 1.54) is 0 Å². The summed E-state index contributed by atoms with van der Waals surface area (Å²) in [7, 11) is 0.649. The Morgan fingerprint density at radius 1 is 1.40 bits per heavy atom. The third kappa shape index (κ3) is 3.09. The van der Waals surface area contributed by atoms with Crippen LogP contribution in [0.15, 0.2) is 17.0 Å². The molecule has 0 bridgehead atoms. The van der Waals surface area contributed by atoms with E-state index in [1.54, 1.807) is 6.92 Å². The summed E-state index contributed by atoms with van der Waals surface area (Å²) in [4.78, 5) is 11.0. The van der Waals surface area contributed by atoms with Crippen molar-refractivity contribution in [2.45, 2.75) is 30.7 Å². The van der Waals surface area contributed by atoms with Gasteiger partial charge in [0.25, 0.3) is 15.0 Å². The van der Waals surface area contributed by atoms with E-state index < -0.39 is 37.1 Å². The molecular weight excluding hydrogens is 312 g/mol. The summed E-state index contributed by atoms with van der Waals surface area (Å²) in [5, 5.41) is 2.46. The summed E-state index contributed by atoms with van der Waals surface area (Å²) in [5.74, 6) is -3.29. The number of hydrogen-bond donors (Lipinski definition) is 1. The molecule has 1 atom stereocenters. The van der Waals surface area contributed by atoms with Crippen molar-refractivity contribution in [3.05, 3.63) is 29.3 Å². The van der Waals surface area contributed by atoms with E-state index in [2.05, 4.69) is 5.32 Å². The maximum atomic E-state index is 14.0. The van der Waals surface area contributed by atoms with Gasteiger partial charge in [-0.15, -0.1) is 0 Å². The molecule has 0 aromatic heterocycles. The van der Waals surface area contributed by atoms with Crippen LogP contribution in [0, 0.1) is 17.6 Å². The predicted octanol–water partition coefficient (Wildman–Crippen LogP) is 2.42. The highest BCUT2D eigenvalue weighted by atomic mass is 35.7. The minimum absolute atomic E-state index is 0.224. The second-order valence-corrected chi connectivity index (χ2v) is 7.31. The number of amides is 1. The van der Waals surface area contributed by atoms with Crippen LogP contribution in [0.1, 0.15) is 30.1 Å². The molecule has 0 spiro atoms. The van der Waals surface area contributed by atoms with Gasteiger partial charge in [-0.05, 0) is 37.8 Å². The van der Waals surface area contributed by atoms with Gasteiger partial charge in [0.05, 0.1) is 0 Å². The molecular formula is C12H12ClF2NO3S. The summed E-state index contributed by atoms with van der Waals surface area (Å²) in [6.45, 7) is 1.73. The summed E-state index contributed by atoms with van der Waals surface area (Å²) in [6.07, 6.45) is 1.89. The van der Waals surface area contributed by atoms with Crippen molar-refractivity contribution in [1.82, 2.24) is 5.32 Å². The van der Waals surface area contributed by atoms with Gasteiger partial charge in [0, 0.05) is 16.7 Å². The fraction of sp³-hybridized carbons (Fsp3) is 0.417. The minimum atomic E-state index is -4.39. The first-order chi connectivity index (χ1) is 9.21. The van der Waals surface area contributed by atoms with E-state index in [4.69, 9.17) is 10.7 Å². The first kappa shape index (κ1) is 15.2. The van der Waals surface area contributed by atoms with Gasteiger partial charge in [0.2, 0.25) is 0 Å². The number of rotatable bonds is 4. The molecule has 1 fully saturated rings. The van der Waals surface area contributed by atoms with Gasteiger partial charge < -0.3 is 5.32 Å². The Balaban J connectivity index is 2.37. The standard InChI is InChI=1S/C12H12ClF2NO3S/c1-6(7-2-3-7)16-12(17)10-8(14)4-5-9(11(10)15)20(13,18)19/h4-7H,2-3H2,1H3,(H,16,17). The smallest absolute Gasteiger partial charge is 0.264 e. The second kappa shape index (κ2) is 5.29. The molecule has 1 amide bonds. The quantitative estimate of drug-likeness (QED) is 0.866. The molecule has 1 unspecified atom stereocenters. The van der Waals surface area contributed by atoms with Gasteiger partial charge in [0.15, 0.2) is 5.82 Å². The molecule has 20 heavy (non-hydrogen) atoms. The van der Waals surface area contributed by atoms with E-state index in [-0.39, 0.29) is 6.04 Å². The molecule has 1 aromatic rings. The predicted molar refractivity (Wildman–Crippen MR) is 69.0 cm³/mol. The van der Waals surface area contributed by atoms with Crippen molar-refractivity contribution >= 4 is 25.6 Å². The van der Waals surface area contributed by atoms with Gasteiger partial charge in [-0.25, -0.2) is 17.2 Å². The molecule has 8 heteroatoms. The molecule has 0 aliphatic heterocycles. The normalized spacial score (nSPS) is 16.8. The Morgan fingerprint density at radius 2 is 2.00 bits per heavy atom. The van der Waals surface area contributed by atoms with Crippen molar-refractivity contribution in [2.24, 2.45) is 5.92 Å². The molecule has 1 aliphatic carbocycles. The maximum absolute atomic E-state index is 14.0. The van der Waals surface area contributed by atoms with Crippen LogP contribution >= 0.6 is 10.7 Å². The molecule has 1 N–H and O–H groups in total. The first-order valence-corrected chi connectivity index (χ1v) is 8.26. The summed E-state index contributed by atoms with van der Waals surface area (Å²) in [5.41, 5.74) is -0.931. The lowest BCUT2D eigenvalue weighted by atomic mass is 10.1. The molecule has 1 aromatic carbocycles. The third-order valence-corrected chi connectivity index (χ3v) is 4.57. The minimum Gasteiger partial charge on any atom is -0.349 e. The highest BCUT2D eigenvalue weighted by molar-refractivity contribution is 8.13. The number of carbonyl (C=O) groups excluding carboxylic acids is 1. The molecule has 1 saturated carbocycles. The number of benzene rings is 1.